The highest BCUT2D eigenvalue weighted by molar-refractivity contribution is 5.35. The van der Waals surface area contributed by atoms with Gasteiger partial charge in [0, 0.05) is 6.42 Å². The van der Waals surface area contributed by atoms with Gasteiger partial charge in [0.2, 0.25) is 0 Å². The zero-order valence-corrected chi connectivity index (χ0v) is 12.5. The van der Waals surface area contributed by atoms with Crippen LogP contribution in [0.4, 0.5) is 0 Å². The molecule has 16 heavy (non-hydrogen) atoms. The molecule has 1 nitrogen and oxygen atoms in total. The van der Waals surface area contributed by atoms with Crippen molar-refractivity contribution in [3.8, 4) is 0 Å². The van der Waals surface area contributed by atoms with Crippen molar-refractivity contribution >= 4 is 0 Å². The van der Waals surface area contributed by atoms with Crippen molar-refractivity contribution in [3.63, 3.8) is 0 Å². The summed E-state index contributed by atoms with van der Waals surface area (Å²) in [7, 11) is 0. The molecule has 0 radical (unpaired) electrons. The molecule has 96 valence electrons. The molecule has 0 aromatic rings. The van der Waals surface area contributed by atoms with Crippen LogP contribution in [-0.4, -0.2) is 6.61 Å². The van der Waals surface area contributed by atoms with Crippen LogP contribution in [0.15, 0.2) is 22.5 Å². The molecular formula is C15H30O. The molecule has 0 amide bonds. The fourth-order valence-corrected chi connectivity index (χ4v) is 1.52. The maximum atomic E-state index is 5.57. The third kappa shape index (κ3) is 5.39. The van der Waals surface area contributed by atoms with Crippen LogP contribution in [0.25, 0.3) is 0 Å². The predicted octanol–water partition coefficient (Wildman–Crippen LogP) is 5.48. The summed E-state index contributed by atoms with van der Waals surface area (Å²) in [6.45, 7) is 17.5. The fraction of sp³-hybridized carbons (Fsp3) is 0.733. The number of hydrogen-bond donors (Lipinski definition) is 0. The molecule has 1 fully saturated rings. The van der Waals surface area contributed by atoms with Crippen LogP contribution in [0.5, 0.6) is 0 Å². The minimum absolute atomic E-state index is 0.868. The summed E-state index contributed by atoms with van der Waals surface area (Å²) in [5, 5.41) is 0. The van der Waals surface area contributed by atoms with Crippen LogP contribution in [0.2, 0.25) is 0 Å². The highest BCUT2D eigenvalue weighted by Gasteiger charge is 2.17. The predicted molar refractivity (Wildman–Crippen MR) is 74.6 cm³/mol. The summed E-state index contributed by atoms with van der Waals surface area (Å²) in [6, 6.07) is 0. The third-order valence-electron chi connectivity index (χ3n) is 2.37. The molecule has 1 saturated heterocycles. The van der Waals surface area contributed by atoms with Crippen molar-refractivity contribution in [2.45, 2.75) is 68.2 Å². The largest absolute Gasteiger partial charge is 0.493 e. The number of rotatable bonds is 1. The molecule has 1 heterocycles. The first-order valence-electron chi connectivity index (χ1n) is 6.66. The molecule has 0 spiro atoms. The molecule has 0 aliphatic carbocycles. The van der Waals surface area contributed by atoms with Crippen LogP contribution in [0.3, 0.4) is 0 Å². The van der Waals surface area contributed by atoms with Gasteiger partial charge in [-0.2, -0.15) is 0 Å². The lowest BCUT2D eigenvalue weighted by molar-refractivity contribution is 0.262. The number of ether oxygens (including phenoxy) is 1. The Bertz CT molecular complexity index is 230. The Labute approximate surface area is 103 Å². The standard InChI is InChI=1S/C11H18O.2C2H6/c1-5-9(4)10-6-7-12-11(10)8(2)3;2*1-2/h5-7H2,1-4H3;2*1-2H3/b10-9-;;. The average molecular weight is 226 g/mol. The molecule has 0 N–H and O–H groups in total. The minimum atomic E-state index is 0.868. The van der Waals surface area contributed by atoms with E-state index in [1.807, 2.05) is 27.7 Å². The number of allylic oxidation sites excluding steroid dienone is 3. The summed E-state index contributed by atoms with van der Waals surface area (Å²) >= 11 is 0. The molecule has 0 unspecified atom stereocenters. The zero-order chi connectivity index (χ0) is 13.1. The Morgan fingerprint density at radius 1 is 1.06 bits per heavy atom. The van der Waals surface area contributed by atoms with Gasteiger partial charge in [0.05, 0.1) is 6.61 Å². The molecule has 1 aliphatic rings. The van der Waals surface area contributed by atoms with Crippen molar-refractivity contribution in [3.05, 3.63) is 22.5 Å². The van der Waals surface area contributed by atoms with Gasteiger partial charge in [-0.05, 0) is 38.3 Å². The average Bonchev–Trinajstić information content (AvgIpc) is 2.82. The van der Waals surface area contributed by atoms with E-state index in [1.54, 1.807) is 0 Å². The molecule has 1 aliphatic heterocycles. The van der Waals surface area contributed by atoms with E-state index in [9.17, 15) is 0 Å². The second-order valence-corrected chi connectivity index (χ2v) is 3.54. The Kier molecular flexibility index (Phi) is 11.9. The first-order chi connectivity index (χ1) is 7.66. The fourth-order valence-electron chi connectivity index (χ4n) is 1.52. The van der Waals surface area contributed by atoms with E-state index < -0.39 is 0 Å². The van der Waals surface area contributed by atoms with E-state index in [1.165, 1.54) is 16.7 Å². The molecule has 1 heteroatoms. The molecule has 0 aromatic carbocycles. The molecule has 0 saturated carbocycles. The van der Waals surface area contributed by atoms with E-state index in [-0.39, 0.29) is 0 Å². The summed E-state index contributed by atoms with van der Waals surface area (Å²) in [4.78, 5) is 0. The summed E-state index contributed by atoms with van der Waals surface area (Å²) < 4.78 is 5.57. The zero-order valence-electron chi connectivity index (χ0n) is 12.5. The maximum absolute atomic E-state index is 5.57. The van der Waals surface area contributed by atoms with Gasteiger partial charge in [-0.3, -0.25) is 0 Å². The van der Waals surface area contributed by atoms with Gasteiger partial charge < -0.3 is 4.74 Å². The highest BCUT2D eigenvalue weighted by atomic mass is 16.5. The molecule has 0 bridgehead atoms. The smallest absolute Gasteiger partial charge is 0.121 e. The Hall–Kier alpha value is -0.720. The van der Waals surface area contributed by atoms with Crippen LogP contribution in [0, 0.1) is 0 Å². The van der Waals surface area contributed by atoms with Gasteiger partial charge in [0.25, 0.3) is 0 Å². The Balaban J connectivity index is 0. The topological polar surface area (TPSA) is 9.23 Å². The Morgan fingerprint density at radius 3 is 1.94 bits per heavy atom. The van der Waals surface area contributed by atoms with Crippen molar-refractivity contribution in [1.29, 1.82) is 0 Å². The van der Waals surface area contributed by atoms with E-state index in [2.05, 4.69) is 27.7 Å². The van der Waals surface area contributed by atoms with Gasteiger partial charge in [0.1, 0.15) is 5.76 Å². The van der Waals surface area contributed by atoms with Crippen LogP contribution in [0.1, 0.15) is 68.2 Å². The van der Waals surface area contributed by atoms with Crippen molar-refractivity contribution in [1.82, 2.24) is 0 Å². The van der Waals surface area contributed by atoms with Crippen LogP contribution >= 0.6 is 0 Å². The van der Waals surface area contributed by atoms with Gasteiger partial charge >= 0.3 is 0 Å². The quantitative estimate of drug-likeness (QED) is 0.575. The lowest BCUT2D eigenvalue weighted by Gasteiger charge is -2.06. The number of hydrogen-bond acceptors (Lipinski definition) is 1. The van der Waals surface area contributed by atoms with Crippen LogP contribution < -0.4 is 0 Å². The first kappa shape index (κ1) is 17.7. The normalized spacial score (nSPS) is 16.4. The molecular weight excluding hydrogens is 196 g/mol. The SMILES string of the molecule is CC.CC.CC/C(C)=C1/CCOC1=C(C)C. The molecule has 0 aromatic heterocycles. The monoisotopic (exact) mass is 226 g/mol. The van der Waals surface area contributed by atoms with E-state index in [0.29, 0.717) is 0 Å². The lowest BCUT2D eigenvalue weighted by atomic mass is 10.0. The van der Waals surface area contributed by atoms with E-state index >= 15 is 0 Å². The van der Waals surface area contributed by atoms with Gasteiger partial charge in [0.15, 0.2) is 0 Å². The third-order valence-corrected chi connectivity index (χ3v) is 2.37. The lowest BCUT2D eigenvalue weighted by Crippen LogP contribution is -1.88. The Morgan fingerprint density at radius 2 is 1.56 bits per heavy atom. The van der Waals surface area contributed by atoms with Gasteiger partial charge in [-0.1, -0.05) is 40.2 Å². The highest BCUT2D eigenvalue weighted by Crippen LogP contribution is 2.30. The van der Waals surface area contributed by atoms with E-state index in [0.717, 1.165) is 25.2 Å². The molecule has 0 atom stereocenters. The van der Waals surface area contributed by atoms with Crippen molar-refractivity contribution < 1.29 is 4.74 Å². The van der Waals surface area contributed by atoms with Crippen LogP contribution in [-0.2, 0) is 4.74 Å². The maximum Gasteiger partial charge on any atom is 0.121 e. The van der Waals surface area contributed by atoms with Gasteiger partial charge in [-0.15, -0.1) is 0 Å². The van der Waals surface area contributed by atoms with Gasteiger partial charge in [-0.25, -0.2) is 0 Å². The second kappa shape index (κ2) is 10.8. The summed E-state index contributed by atoms with van der Waals surface area (Å²) in [5.74, 6) is 1.15. The summed E-state index contributed by atoms with van der Waals surface area (Å²) in [5.41, 5.74) is 4.22. The van der Waals surface area contributed by atoms with Crippen molar-refractivity contribution in [2.24, 2.45) is 0 Å². The van der Waals surface area contributed by atoms with Crippen molar-refractivity contribution in [2.75, 3.05) is 6.61 Å². The summed E-state index contributed by atoms with van der Waals surface area (Å²) in [6.07, 6.45) is 2.23. The second-order valence-electron chi connectivity index (χ2n) is 3.54. The molecule has 1 rings (SSSR count). The van der Waals surface area contributed by atoms with E-state index in [4.69, 9.17) is 4.74 Å². The minimum Gasteiger partial charge on any atom is -0.493 e. The first-order valence-corrected chi connectivity index (χ1v) is 6.66.